The summed E-state index contributed by atoms with van der Waals surface area (Å²) < 4.78 is 15.7. The van der Waals surface area contributed by atoms with E-state index in [2.05, 4.69) is 11.9 Å². The summed E-state index contributed by atoms with van der Waals surface area (Å²) in [4.78, 5) is 27.2. The van der Waals surface area contributed by atoms with Gasteiger partial charge in [0.05, 0.1) is 38.4 Å². The van der Waals surface area contributed by atoms with Gasteiger partial charge in [-0.05, 0) is 81.1 Å². The number of esters is 2. The zero-order chi connectivity index (χ0) is 26.7. The highest BCUT2D eigenvalue weighted by Gasteiger charge is 2.44. The Morgan fingerprint density at radius 1 is 1.06 bits per heavy atom. The van der Waals surface area contributed by atoms with E-state index in [0.717, 1.165) is 37.1 Å². The van der Waals surface area contributed by atoms with Crippen LogP contribution in [-0.2, 0) is 32.7 Å². The van der Waals surface area contributed by atoms with Crippen LogP contribution >= 0.6 is 0 Å². The lowest BCUT2D eigenvalue weighted by Gasteiger charge is -2.36. The first-order valence-electron chi connectivity index (χ1n) is 12.5. The van der Waals surface area contributed by atoms with Gasteiger partial charge in [-0.25, -0.2) is 4.79 Å². The molecular weight excluding hydrogens is 458 g/mol. The predicted octanol–water partition coefficient (Wildman–Crippen LogP) is 4.39. The molecule has 0 spiro atoms. The number of aliphatic hydroxyl groups is 1. The lowest BCUT2D eigenvalue weighted by molar-refractivity contribution is -0.150. The van der Waals surface area contributed by atoms with Gasteiger partial charge in [0.15, 0.2) is 0 Å². The van der Waals surface area contributed by atoms with Gasteiger partial charge in [0.25, 0.3) is 0 Å². The molecule has 0 aliphatic heterocycles. The molecule has 0 aliphatic rings. The fourth-order valence-corrected chi connectivity index (χ4v) is 4.67. The molecule has 2 aromatic carbocycles. The Bertz CT molecular complexity index is 988. The number of aliphatic hydroxyl groups excluding tert-OH is 1. The summed E-state index contributed by atoms with van der Waals surface area (Å²) in [5.74, 6) is 0.0196. The van der Waals surface area contributed by atoms with E-state index in [9.17, 15) is 14.7 Å². The zero-order valence-corrected chi connectivity index (χ0v) is 22.5. The van der Waals surface area contributed by atoms with E-state index in [4.69, 9.17) is 14.2 Å². The lowest BCUT2D eigenvalue weighted by atomic mass is 9.68. The van der Waals surface area contributed by atoms with Crippen LogP contribution in [0.5, 0.6) is 5.75 Å². The summed E-state index contributed by atoms with van der Waals surface area (Å²) >= 11 is 0. The first-order chi connectivity index (χ1) is 17.2. The number of likely N-dealkylation sites (N-methyl/N-ethyl adjacent to an activating group) is 1. The second-order valence-corrected chi connectivity index (χ2v) is 9.38. The molecule has 0 fully saturated rings. The van der Waals surface area contributed by atoms with Crippen LogP contribution in [0.3, 0.4) is 0 Å². The van der Waals surface area contributed by atoms with Crippen molar-refractivity contribution in [3.05, 3.63) is 64.7 Å². The molecule has 1 unspecified atom stereocenters. The number of rotatable bonds is 14. The Kier molecular flexibility index (Phi) is 11.4. The highest BCUT2D eigenvalue weighted by Crippen LogP contribution is 2.40. The standard InChI is InChI=1S/C29H41NO6/c1-7-36-27(32)23-11-9-22(10-12-23)15-18-30(4)17-8-16-29(21(2)3,28(33)35-6)25-13-14-26(34-5)24(19-25)20-31/h9-14,19,21,31H,7-8,15-18,20H2,1-6H3. The zero-order valence-electron chi connectivity index (χ0n) is 22.5. The minimum atomic E-state index is -0.825. The maximum Gasteiger partial charge on any atom is 0.338 e. The van der Waals surface area contributed by atoms with Crippen molar-refractivity contribution in [2.75, 3.05) is 41.0 Å². The highest BCUT2D eigenvalue weighted by atomic mass is 16.5. The summed E-state index contributed by atoms with van der Waals surface area (Å²) in [6.45, 7) is 7.71. The van der Waals surface area contributed by atoms with Crippen molar-refractivity contribution in [3.8, 4) is 5.75 Å². The van der Waals surface area contributed by atoms with Gasteiger partial charge in [-0.15, -0.1) is 0 Å². The Morgan fingerprint density at radius 3 is 2.31 bits per heavy atom. The topological polar surface area (TPSA) is 85.3 Å². The SMILES string of the molecule is CCOC(=O)c1ccc(CCN(C)CCCC(C(=O)OC)(c2ccc(OC)c(CO)c2)C(C)C)cc1. The number of hydrogen-bond donors (Lipinski definition) is 1. The fourth-order valence-electron chi connectivity index (χ4n) is 4.67. The van der Waals surface area contributed by atoms with Crippen molar-refractivity contribution in [2.45, 2.75) is 52.1 Å². The van der Waals surface area contributed by atoms with Crippen molar-refractivity contribution >= 4 is 11.9 Å². The number of benzene rings is 2. The number of hydrogen-bond acceptors (Lipinski definition) is 7. The number of carbonyl (C=O) groups excluding carboxylic acids is 2. The summed E-state index contributed by atoms with van der Waals surface area (Å²) in [6.07, 6.45) is 2.27. The van der Waals surface area contributed by atoms with E-state index >= 15 is 0 Å². The van der Waals surface area contributed by atoms with Crippen LogP contribution in [-0.4, -0.2) is 62.9 Å². The number of nitrogens with zero attached hydrogens (tertiary/aromatic N) is 1. The quantitative estimate of drug-likeness (QED) is 0.386. The monoisotopic (exact) mass is 499 g/mol. The third kappa shape index (κ3) is 7.08. The minimum Gasteiger partial charge on any atom is -0.496 e. The molecule has 1 atom stereocenters. The highest BCUT2D eigenvalue weighted by molar-refractivity contribution is 5.89. The van der Waals surface area contributed by atoms with Crippen molar-refractivity contribution in [2.24, 2.45) is 5.92 Å². The average molecular weight is 500 g/mol. The Hall–Kier alpha value is -2.90. The summed E-state index contributed by atoms with van der Waals surface area (Å²) in [5, 5.41) is 9.82. The number of carbonyl (C=O) groups is 2. The van der Waals surface area contributed by atoms with Crippen molar-refractivity contribution in [3.63, 3.8) is 0 Å². The van der Waals surface area contributed by atoms with Crippen LogP contribution in [0.2, 0.25) is 0 Å². The third-order valence-corrected chi connectivity index (χ3v) is 6.86. The van der Waals surface area contributed by atoms with E-state index in [0.29, 0.717) is 29.9 Å². The van der Waals surface area contributed by atoms with Gasteiger partial charge in [0.2, 0.25) is 0 Å². The number of methoxy groups -OCH3 is 2. The van der Waals surface area contributed by atoms with Gasteiger partial charge in [-0.2, -0.15) is 0 Å². The molecule has 198 valence electrons. The molecule has 0 amide bonds. The summed E-state index contributed by atoms with van der Waals surface area (Å²) in [6, 6.07) is 13.1. The van der Waals surface area contributed by atoms with Gasteiger partial charge in [-0.3, -0.25) is 4.79 Å². The third-order valence-electron chi connectivity index (χ3n) is 6.86. The van der Waals surface area contributed by atoms with Crippen LogP contribution in [0.4, 0.5) is 0 Å². The second-order valence-electron chi connectivity index (χ2n) is 9.38. The average Bonchev–Trinajstić information content (AvgIpc) is 2.89. The maximum atomic E-state index is 13.2. The normalized spacial score (nSPS) is 12.9. The predicted molar refractivity (Wildman–Crippen MR) is 140 cm³/mol. The molecule has 1 N–H and O–H groups in total. The minimum absolute atomic E-state index is 0.00638. The molecule has 0 saturated heterocycles. The fraction of sp³-hybridized carbons (Fsp3) is 0.517. The van der Waals surface area contributed by atoms with Gasteiger partial charge in [0.1, 0.15) is 5.75 Å². The van der Waals surface area contributed by atoms with Crippen molar-refractivity contribution in [1.29, 1.82) is 0 Å². The lowest BCUT2D eigenvalue weighted by Crippen LogP contribution is -2.42. The van der Waals surface area contributed by atoms with Gasteiger partial charge in [0, 0.05) is 12.1 Å². The van der Waals surface area contributed by atoms with E-state index < -0.39 is 5.41 Å². The Labute approximate surface area is 215 Å². The van der Waals surface area contributed by atoms with Crippen LogP contribution in [0.15, 0.2) is 42.5 Å². The molecule has 7 nitrogen and oxygen atoms in total. The summed E-state index contributed by atoms with van der Waals surface area (Å²) in [5.41, 5.74) is 2.36. The molecule has 0 radical (unpaired) electrons. The van der Waals surface area contributed by atoms with Crippen LogP contribution in [0, 0.1) is 5.92 Å². The first kappa shape index (κ1) is 29.3. The van der Waals surface area contributed by atoms with E-state index in [1.807, 2.05) is 38.1 Å². The van der Waals surface area contributed by atoms with Crippen molar-refractivity contribution in [1.82, 2.24) is 4.90 Å². The second kappa shape index (κ2) is 14.0. The molecule has 0 heterocycles. The van der Waals surface area contributed by atoms with E-state index in [1.165, 1.54) is 7.11 Å². The smallest absolute Gasteiger partial charge is 0.338 e. The van der Waals surface area contributed by atoms with Crippen LogP contribution in [0.25, 0.3) is 0 Å². The molecule has 0 aliphatic carbocycles. The largest absolute Gasteiger partial charge is 0.496 e. The molecule has 7 heteroatoms. The molecule has 0 aromatic heterocycles. The van der Waals surface area contributed by atoms with Crippen molar-refractivity contribution < 1.29 is 28.9 Å². The van der Waals surface area contributed by atoms with Crippen LogP contribution < -0.4 is 4.74 Å². The Balaban J connectivity index is 2.06. The van der Waals surface area contributed by atoms with E-state index in [1.54, 1.807) is 32.2 Å². The number of ether oxygens (including phenoxy) is 3. The molecule has 2 rings (SSSR count). The molecule has 2 aromatic rings. The molecular formula is C29H41NO6. The molecule has 0 saturated carbocycles. The van der Waals surface area contributed by atoms with Crippen LogP contribution in [0.1, 0.15) is 60.7 Å². The first-order valence-corrected chi connectivity index (χ1v) is 12.5. The molecule has 36 heavy (non-hydrogen) atoms. The Morgan fingerprint density at radius 2 is 1.75 bits per heavy atom. The van der Waals surface area contributed by atoms with Gasteiger partial charge >= 0.3 is 11.9 Å². The van der Waals surface area contributed by atoms with Gasteiger partial charge in [-0.1, -0.05) is 32.0 Å². The van der Waals surface area contributed by atoms with E-state index in [-0.39, 0.29) is 24.5 Å². The van der Waals surface area contributed by atoms with Gasteiger partial charge < -0.3 is 24.2 Å². The summed E-state index contributed by atoms with van der Waals surface area (Å²) in [7, 11) is 5.06. The maximum absolute atomic E-state index is 13.2. The molecule has 0 bridgehead atoms.